The molecule has 0 aliphatic rings. The van der Waals surface area contributed by atoms with Crippen LogP contribution in [0.5, 0.6) is 0 Å². The first-order chi connectivity index (χ1) is 7.34. The molecule has 5 nitrogen and oxygen atoms in total. The van der Waals surface area contributed by atoms with Gasteiger partial charge in [-0.1, -0.05) is 6.58 Å². The van der Waals surface area contributed by atoms with Gasteiger partial charge in [-0.3, -0.25) is 4.79 Å². The number of aromatic carboxylic acids is 1. The number of nitrogen functional groups attached to an aromatic ring is 1. The minimum atomic E-state index is -0.931. The lowest BCUT2D eigenvalue weighted by Crippen LogP contribution is -2.10. The van der Waals surface area contributed by atoms with Crippen LogP contribution >= 0.6 is 0 Å². The highest BCUT2D eigenvalue weighted by molar-refractivity contribution is 5.90. The quantitative estimate of drug-likeness (QED) is 0.512. The Bertz CT molecular complexity index is 384. The maximum atomic E-state index is 10.3. The Morgan fingerprint density at radius 3 is 1.88 bits per heavy atom. The number of carbonyl (C=O) groups is 2. The van der Waals surface area contributed by atoms with Crippen LogP contribution in [0.4, 0.5) is 5.69 Å². The summed E-state index contributed by atoms with van der Waals surface area (Å²) >= 11 is 0. The fourth-order valence-corrected chi connectivity index (χ4v) is 0.626. The molecule has 0 saturated heterocycles. The van der Waals surface area contributed by atoms with E-state index >= 15 is 0 Å². The summed E-state index contributed by atoms with van der Waals surface area (Å²) in [5.41, 5.74) is 11.3. The van der Waals surface area contributed by atoms with Crippen LogP contribution in [0.15, 0.2) is 36.4 Å². The highest BCUT2D eigenvalue weighted by Gasteiger charge is 1.98. The van der Waals surface area contributed by atoms with Crippen molar-refractivity contribution in [3.63, 3.8) is 0 Å². The van der Waals surface area contributed by atoms with Crippen molar-refractivity contribution in [2.75, 3.05) is 5.73 Å². The Morgan fingerprint density at radius 1 is 1.25 bits per heavy atom. The van der Waals surface area contributed by atoms with Gasteiger partial charge >= 0.3 is 5.97 Å². The van der Waals surface area contributed by atoms with Gasteiger partial charge in [0.25, 0.3) is 0 Å². The van der Waals surface area contributed by atoms with Gasteiger partial charge in [-0.25, -0.2) is 4.79 Å². The average Bonchev–Trinajstić information content (AvgIpc) is 2.19. The molecule has 0 spiro atoms. The fourth-order valence-electron chi connectivity index (χ4n) is 0.626. The van der Waals surface area contributed by atoms with Crippen molar-refractivity contribution in [3.8, 4) is 0 Å². The number of primary amides is 1. The Hall–Kier alpha value is -2.30. The van der Waals surface area contributed by atoms with Crippen LogP contribution in [0.3, 0.4) is 0 Å². The zero-order valence-corrected chi connectivity index (χ0v) is 8.93. The second-order valence-electron chi connectivity index (χ2n) is 3.07. The number of carboxylic acids is 1. The maximum absolute atomic E-state index is 10.3. The SMILES string of the molecule is C=C(C)C(N)=O.Nc1ccc(C(=O)O)cc1. The number of carboxylic acid groups (broad SMARTS) is 1. The third-order valence-electron chi connectivity index (χ3n) is 1.58. The Labute approximate surface area is 93.4 Å². The molecule has 1 rings (SSSR count). The highest BCUT2D eigenvalue weighted by atomic mass is 16.4. The zero-order chi connectivity index (χ0) is 12.7. The molecule has 0 unspecified atom stereocenters. The number of carbonyl (C=O) groups excluding carboxylic acids is 1. The van der Waals surface area contributed by atoms with Crippen LogP contribution < -0.4 is 11.5 Å². The topological polar surface area (TPSA) is 106 Å². The molecule has 0 atom stereocenters. The average molecular weight is 222 g/mol. The van der Waals surface area contributed by atoms with E-state index in [1.165, 1.54) is 12.1 Å². The Balaban J connectivity index is 0.000000325. The first-order valence-corrected chi connectivity index (χ1v) is 4.38. The predicted molar refractivity (Wildman–Crippen MR) is 61.8 cm³/mol. The Kier molecular flexibility index (Phi) is 5.34. The van der Waals surface area contributed by atoms with E-state index in [1.807, 2.05) is 0 Å². The van der Waals surface area contributed by atoms with Gasteiger partial charge in [0, 0.05) is 11.3 Å². The van der Waals surface area contributed by atoms with Gasteiger partial charge in [-0.2, -0.15) is 0 Å². The lowest BCUT2D eigenvalue weighted by atomic mass is 10.2. The molecule has 0 bridgehead atoms. The summed E-state index contributed by atoms with van der Waals surface area (Å²) in [7, 11) is 0. The standard InChI is InChI=1S/C7H7NO2.C4H7NO/c8-6-3-1-5(2-4-6)7(9)10;1-3(2)4(5)6/h1-4H,8H2,(H,9,10);1H2,2H3,(H2,5,6). The second kappa shape index (κ2) is 6.23. The van der Waals surface area contributed by atoms with E-state index < -0.39 is 11.9 Å². The molecular weight excluding hydrogens is 208 g/mol. The summed E-state index contributed by atoms with van der Waals surface area (Å²) in [5.74, 6) is -1.37. The summed E-state index contributed by atoms with van der Waals surface area (Å²) in [6, 6.07) is 6.06. The van der Waals surface area contributed by atoms with Gasteiger partial charge < -0.3 is 16.6 Å². The van der Waals surface area contributed by atoms with Crippen LogP contribution in [-0.2, 0) is 4.79 Å². The molecule has 86 valence electrons. The maximum Gasteiger partial charge on any atom is 0.335 e. The number of nitrogens with two attached hydrogens (primary N) is 2. The first kappa shape index (κ1) is 13.7. The van der Waals surface area contributed by atoms with Crippen molar-refractivity contribution < 1.29 is 14.7 Å². The fraction of sp³-hybridized carbons (Fsp3) is 0.0909. The molecule has 5 heteroatoms. The van der Waals surface area contributed by atoms with Crippen molar-refractivity contribution in [1.82, 2.24) is 0 Å². The highest BCUT2D eigenvalue weighted by Crippen LogP contribution is 2.04. The van der Waals surface area contributed by atoms with E-state index in [2.05, 4.69) is 6.58 Å². The molecule has 0 radical (unpaired) electrons. The monoisotopic (exact) mass is 222 g/mol. The predicted octanol–water partition coefficient (Wildman–Crippen LogP) is 1.01. The third-order valence-corrected chi connectivity index (χ3v) is 1.58. The molecule has 1 aromatic rings. The molecule has 0 saturated carbocycles. The summed E-state index contributed by atoms with van der Waals surface area (Å²) in [5, 5.41) is 8.43. The van der Waals surface area contributed by atoms with Crippen LogP contribution in [0.2, 0.25) is 0 Å². The van der Waals surface area contributed by atoms with Gasteiger partial charge in [-0.15, -0.1) is 0 Å². The van der Waals surface area contributed by atoms with Crippen LogP contribution in [0.25, 0.3) is 0 Å². The second-order valence-corrected chi connectivity index (χ2v) is 3.07. The smallest absolute Gasteiger partial charge is 0.335 e. The van der Waals surface area contributed by atoms with E-state index in [0.717, 1.165) is 0 Å². The van der Waals surface area contributed by atoms with Crippen molar-refractivity contribution in [3.05, 3.63) is 42.0 Å². The van der Waals surface area contributed by atoms with E-state index in [1.54, 1.807) is 19.1 Å². The zero-order valence-electron chi connectivity index (χ0n) is 8.93. The summed E-state index contributed by atoms with van der Waals surface area (Å²) in [6.45, 7) is 4.85. The largest absolute Gasteiger partial charge is 0.478 e. The lowest BCUT2D eigenvalue weighted by Gasteiger charge is -1.93. The molecular formula is C11H14N2O3. The molecule has 16 heavy (non-hydrogen) atoms. The molecule has 0 aromatic heterocycles. The number of hydrogen-bond donors (Lipinski definition) is 3. The third kappa shape index (κ3) is 5.43. The number of hydrogen-bond acceptors (Lipinski definition) is 3. The van der Waals surface area contributed by atoms with E-state index in [0.29, 0.717) is 11.3 Å². The summed E-state index contributed by atoms with van der Waals surface area (Å²) < 4.78 is 0. The van der Waals surface area contributed by atoms with Crippen molar-refractivity contribution in [2.24, 2.45) is 5.73 Å². The number of amides is 1. The minimum Gasteiger partial charge on any atom is -0.478 e. The van der Waals surface area contributed by atoms with Gasteiger partial charge in [0.2, 0.25) is 5.91 Å². The van der Waals surface area contributed by atoms with Gasteiger partial charge in [-0.05, 0) is 31.2 Å². The van der Waals surface area contributed by atoms with Crippen LogP contribution in [0, 0.1) is 0 Å². The Morgan fingerprint density at radius 2 is 1.62 bits per heavy atom. The lowest BCUT2D eigenvalue weighted by molar-refractivity contribution is -0.114. The molecule has 0 heterocycles. The molecule has 0 fully saturated rings. The molecule has 1 amide bonds. The molecule has 5 N–H and O–H groups in total. The van der Waals surface area contributed by atoms with Crippen molar-refractivity contribution in [1.29, 1.82) is 0 Å². The number of anilines is 1. The van der Waals surface area contributed by atoms with E-state index in [9.17, 15) is 9.59 Å². The summed E-state index contributed by atoms with van der Waals surface area (Å²) in [4.78, 5) is 20.1. The van der Waals surface area contributed by atoms with Crippen LogP contribution in [0.1, 0.15) is 17.3 Å². The first-order valence-electron chi connectivity index (χ1n) is 4.38. The van der Waals surface area contributed by atoms with Crippen molar-refractivity contribution >= 4 is 17.6 Å². The van der Waals surface area contributed by atoms with Crippen molar-refractivity contribution in [2.45, 2.75) is 6.92 Å². The molecule has 1 aromatic carbocycles. The number of rotatable bonds is 2. The van der Waals surface area contributed by atoms with Crippen LogP contribution in [-0.4, -0.2) is 17.0 Å². The minimum absolute atomic E-state index is 0.259. The van der Waals surface area contributed by atoms with Gasteiger partial charge in [0.05, 0.1) is 5.56 Å². The molecule has 0 aliphatic heterocycles. The van der Waals surface area contributed by atoms with E-state index in [-0.39, 0.29) is 5.56 Å². The van der Waals surface area contributed by atoms with E-state index in [4.69, 9.17) is 16.6 Å². The molecule has 0 aliphatic carbocycles. The van der Waals surface area contributed by atoms with Gasteiger partial charge in [0.1, 0.15) is 0 Å². The van der Waals surface area contributed by atoms with Gasteiger partial charge in [0.15, 0.2) is 0 Å². The number of benzene rings is 1. The summed E-state index contributed by atoms with van der Waals surface area (Å²) in [6.07, 6.45) is 0. The normalized spacial score (nSPS) is 8.56.